The number of cyclic esters (lactones) is 1. The maximum atomic E-state index is 13.1. The number of hydrogen-bond donors (Lipinski definition) is 0. The van der Waals surface area contributed by atoms with Gasteiger partial charge in [0.2, 0.25) is 9.84 Å². The van der Waals surface area contributed by atoms with Crippen LogP contribution in [0.2, 0.25) is 0 Å². The average molecular weight is 342 g/mol. The standard InChI is InChI=1S/C19H18O4S/c1-14-7-9-16(10-8-14)24(21,22)18(17-11-12-19(20)23-17)13-15-5-3-2-4-6-15/h2-10,13,17H,11-12H2,1H3/b18-13+. The van der Waals surface area contributed by atoms with E-state index in [0.717, 1.165) is 11.1 Å². The van der Waals surface area contributed by atoms with E-state index in [1.165, 1.54) is 0 Å². The molecule has 0 aliphatic carbocycles. The summed E-state index contributed by atoms with van der Waals surface area (Å²) in [6.45, 7) is 1.90. The van der Waals surface area contributed by atoms with E-state index in [4.69, 9.17) is 4.74 Å². The quantitative estimate of drug-likeness (QED) is 0.798. The first-order chi connectivity index (χ1) is 11.5. The normalized spacial score (nSPS) is 18.5. The van der Waals surface area contributed by atoms with E-state index in [0.29, 0.717) is 6.42 Å². The predicted molar refractivity (Wildman–Crippen MR) is 91.9 cm³/mol. The van der Waals surface area contributed by atoms with E-state index in [1.807, 2.05) is 37.3 Å². The van der Waals surface area contributed by atoms with Crippen LogP contribution in [0.15, 0.2) is 64.4 Å². The number of hydrogen-bond acceptors (Lipinski definition) is 4. The van der Waals surface area contributed by atoms with E-state index in [9.17, 15) is 13.2 Å². The molecule has 2 aromatic rings. The predicted octanol–water partition coefficient (Wildman–Crippen LogP) is 3.52. The van der Waals surface area contributed by atoms with Crippen LogP contribution in [0, 0.1) is 6.92 Å². The average Bonchev–Trinajstić information content (AvgIpc) is 3.00. The number of carbonyl (C=O) groups excluding carboxylic acids is 1. The molecule has 1 unspecified atom stereocenters. The second-order valence-corrected chi connectivity index (χ2v) is 7.74. The Hall–Kier alpha value is -2.40. The van der Waals surface area contributed by atoms with Gasteiger partial charge in [0.25, 0.3) is 0 Å². The first-order valence-electron chi connectivity index (χ1n) is 7.75. The van der Waals surface area contributed by atoms with Gasteiger partial charge in [0, 0.05) is 6.42 Å². The van der Waals surface area contributed by atoms with Crippen LogP contribution in [-0.2, 0) is 19.4 Å². The molecular weight excluding hydrogens is 324 g/mol. The molecule has 0 radical (unpaired) electrons. The fraction of sp³-hybridized carbons (Fsp3) is 0.211. The highest BCUT2D eigenvalue weighted by atomic mass is 32.2. The molecule has 5 heteroatoms. The van der Waals surface area contributed by atoms with Gasteiger partial charge >= 0.3 is 5.97 Å². The molecule has 0 aromatic heterocycles. The fourth-order valence-electron chi connectivity index (χ4n) is 2.64. The molecule has 0 amide bonds. The van der Waals surface area contributed by atoms with Crippen molar-refractivity contribution in [1.29, 1.82) is 0 Å². The lowest BCUT2D eigenvalue weighted by atomic mass is 10.1. The Balaban J connectivity index is 2.08. The van der Waals surface area contributed by atoms with Crippen molar-refractivity contribution in [3.8, 4) is 0 Å². The fourth-order valence-corrected chi connectivity index (χ4v) is 4.21. The van der Waals surface area contributed by atoms with Crippen LogP contribution in [0.1, 0.15) is 24.0 Å². The number of benzene rings is 2. The summed E-state index contributed by atoms with van der Waals surface area (Å²) in [6.07, 6.45) is 1.48. The minimum atomic E-state index is -3.74. The van der Waals surface area contributed by atoms with Gasteiger partial charge in [-0.25, -0.2) is 8.42 Å². The van der Waals surface area contributed by atoms with Crippen molar-refractivity contribution >= 4 is 21.9 Å². The Labute approximate surface area is 141 Å². The first kappa shape index (κ1) is 16.5. The number of sulfone groups is 1. The smallest absolute Gasteiger partial charge is 0.306 e. The lowest BCUT2D eigenvalue weighted by molar-refractivity contribution is -0.140. The first-order valence-corrected chi connectivity index (χ1v) is 9.23. The van der Waals surface area contributed by atoms with Crippen molar-refractivity contribution in [2.45, 2.75) is 30.8 Å². The Kier molecular flexibility index (Phi) is 4.53. The van der Waals surface area contributed by atoms with Crippen molar-refractivity contribution in [2.75, 3.05) is 0 Å². The Morgan fingerprint density at radius 2 is 1.75 bits per heavy atom. The lowest BCUT2D eigenvalue weighted by Gasteiger charge is -2.15. The molecule has 1 fully saturated rings. The zero-order valence-corrected chi connectivity index (χ0v) is 14.1. The van der Waals surface area contributed by atoms with Gasteiger partial charge in [0.1, 0.15) is 6.10 Å². The number of aryl methyl sites for hydroxylation is 1. The molecule has 0 saturated carbocycles. The van der Waals surface area contributed by atoms with E-state index >= 15 is 0 Å². The Morgan fingerprint density at radius 3 is 2.33 bits per heavy atom. The molecule has 24 heavy (non-hydrogen) atoms. The number of rotatable bonds is 4. The van der Waals surface area contributed by atoms with Gasteiger partial charge in [-0.15, -0.1) is 0 Å². The molecule has 1 heterocycles. The van der Waals surface area contributed by atoms with Crippen LogP contribution >= 0.6 is 0 Å². The molecule has 1 aliphatic rings. The van der Waals surface area contributed by atoms with Crippen molar-refractivity contribution < 1.29 is 17.9 Å². The molecule has 1 atom stereocenters. The Morgan fingerprint density at radius 1 is 1.08 bits per heavy atom. The SMILES string of the molecule is Cc1ccc(S(=O)(=O)/C(=C/c2ccccc2)C2CCC(=O)O2)cc1. The highest BCUT2D eigenvalue weighted by Gasteiger charge is 2.34. The van der Waals surface area contributed by atoms with Crippen molar-refractivity contribution in [3.05, 3.63) is 70.6 Å². The van der Waals surface area contributed by atoms with Gasteiger partial charge in [-0.05, 0) is 37.1 Å². The zero-order valence-electron chi connectivity index (χ0n) is 13.3. The summed E-state index contributed by atoms with van der Waals surface area (Å²) >= 11 is 0. The molecule has 0 spiro atoms. The number of esters is 1. The summed E-state index contributed by atoms with van der Waals surface area (Å²) in [7, 11) is -3.74. The zero-order chi connectivity index (χ0) is 17.2. The number of carbonyl (C=O) groups is 1. The topological polar surface area (TPSA) is 60.4 Å². The second-order valence-electron chi connectivity index (χ2n) is 5.79. The monoisotopic (exact) mass is 342 g/mol. The van der Waals surface area contributed by atoms with Crippen molar-refractivity contribution in [2.24, 2.45) is 0 Å². The molecule has 4 nitrogen and oxygen atoms in total. The molecule has 0 bridgehead atoms. The van der Waals surface area contributed by atoms with Crippen molar-refractivity contribution in [1.82, 2.24) is 0 Å². The molecule has 0 N–H and O–H groups in total. The molecule has 2 aromatic carbocycles. The summed E-state index contributed by atoms with van der Waals surface area (Å²) in [5.74, 6) is -0.363. The van der Waals surface area contributed by atoms with Crippen LogP contribution < -0.4 is 0 Å². The van der Waals surface area contributed by atoms with E-state index in [2.05, 4.69) is 0 Å². The van der Waals surface area contributed by atoms with Gasteiger partial charge in [-0.1, -0.05) is 48.0 Å². The van der Waals surface area contributed by atoms with Crippen LogP contribution in [-0.4, -0.2) is 20.5 Å². The molecule has 3 rings (SSSR count). The number of ether oxygens (including phenoxy) is 1. The second kappa shape index (κ2) is 6.61. The molecular formula is C19H18O4S. The summed E-state index contributed by atoms with van der Waals surface area (Å²) in [6, 6.07) is 15.9. The van der Waals surface area contributed by atoms with Crippen LogP contribution in [0.5, 0.6) is 0 Å². The maximum absolute atomic E-state index is 13.1. The van der Waals surface area contributed by atoms with E-state index in [1.54, 1.807) is 30.3 Å². The van der Waals surface area contributed by atoms with E-state index in [-0.39, 0.29) is 22.2 Å². The third-order valence-corrected chi connectivity index (χ3v) is 5.85. The van der Waals surface area contributed by atoms with Gasteiger partial charge in [-0.2, -0.15) is 0 Å². The highest BCUT2D eigenvalue weighted by molar-refractivity contribution is 7.95. The minimum absolute atomic E-state index is 0.128. The van der Waals surface area contributed by atoms with Crippen LogP contribution in [0.4, 0.5) is 0 Å². The third kappa shape index (κ3) is 3.41. The third-order valence-electron chi connectivity index (χ3n) is 3.95. The van der Waals surface area contributed by atoms with Crippen molar-refractivity contribution in [3.63, 3.8) is 0 Å². The van der Waals surface area contributed by atoms with Gasteiger partial charge in [-0.3, -0.25) is 4.79 Å². The molecule has 1 saturated heterocycles. The maximum Gasteiger partial charge on any atom is 0.306 e. The van der Waals surface area contributed by atoms with Gasteiger partial charge < -0.3 is 4.74 Å². The largest absolute Gasteiger partial charge is 0.457 e. The minimum Gasteiger partial charge on any atom is -0.457 e. The van der Waals surface area contributed by atoms with Crippen LogP contribution in [0.3, 0.4) is 0 Å². The summed E-state index contributed by atoms with van der Waals surface area (Å²) < 4.78 is 31.4. The summed E-state index contributed by atoms with van der Waals surface area (Å²) in [4.78, 5) is 11.8. The van der Waals surface area contributed by atoms with Gasteiger partial charge in [0.15, 0.2) is 0 Å². The summed E-state index contributed by atoms with van der Waals surface area (Å²) in [5.41, 5.74) is 1.74. The highest BCUT2D eigenvalue weighted by Crippen LogP contribution is 2.31. The van der Waals surface area contributed by atoms with E-state index < -0.39 is 15.9 Å². The Bertz CT molecular complexity index is 865. The molecule has 1 aliphatic heterocycles. The van der Waals surface area contributed by atoms with Crippen LogP contribution in [0.25, 0.3) is 6.08 Å². The lowest BCUT2D eigenvalue weighted by Crippen LogP contribution is -2.19. The van der Waals surface area contributed by atoms with Gasteiger partial charge in [0.05, 0.1) is 9.80 Å². The molecule has 124 valence electrons. The summed E-state index contributed by atoms with van der Waals surface area (Å²) in [5, 5.41) is 0.